The van der Waals surface area contributed by atoms with Gasteiger partial charge in [0.25, 0.3) is 0 Å². The van der Waals surface area contributed by atoms with Crippen molar-refractivity contribution in [3.05, 3.63) is 78.9 Å². The fraction of sp³-hybridized carbons (Fsp3) is 0. The van der Waals surface area contributed by atoms with E-state index in [1.165, 1.54) is 10.8 Å². The van der Waals surface area contributed by atoms with Gasteiger partial charge in [-0.25, -0.2) is 0 Å². The van der Waals surface area contributed by atoms with Crippen LogP contribution in [0.1, 0.15) is 0 Å². The van der Waals surface area contributed by atoms with Crippen LogP contribution >= 0.6 is 0 Å². The van der Waals surface area contributed by atoms with E-state index in [9.17, 15) is 0 Å². The third-order valence-corrected chi connectivity index (χ3v) is 3.97. The van der Waals surface area contributed by atoms with Crippen LogP contribution < -0.4 is 11.1 Å². The van der Waals surface area contributed by atoms with E-state index >= 15 is 0 Å². The van der Waals surface area contributed by atoms with E-state index in [1.807, 2.05) is 30.3 Å². The number of nitrogens with one attached hydrogen (secondary N) is 1. The molecule has 0 spiro atoms. The molecule has 0 atom stereocenters. The Balaban J connectivity index is 1.95. The van der Waals surface area contributed by atoms with Crippen molar-refractivity contribution in [2.24, 2.45) is 0 Å². The maximum Gasteiger partial charge on any atom is 0.0465 e. The molecule has 2 nitrogen and oxygen atoms in total. The van der Waals surface area contributed by atoms with Gasteiger partial charge in [-0.2, -0.15) is 0 Å². The van der Waals surface area contributed by atoms with Crippen molar-refractivity contribution in [3.63, 3.8) is 0 Å². The van der Waals surface area contributed by atoms with E-state index < -0.39 is 0 Å². The molecule has 0 bridgehead atoms. The molecule has 0 amide bonds. The van der Waals surface area contributed by atoms with Gasteiger partial charge in [0.15, 0.2) is 0 Å². The molecule has 0 aliphatic carbocycles. The number of nitrogen functional groups attached to an aromatic ring is 1. The lowest BCUT2D eigenvalue weighted by Gasteiger charge is -2.12. The zero-order valence-electron chi connectivity index (χ0n) is 12.1. The molecule has 0 aliphatic heterocycles. The molecule has 0 saturated heterocycles. The normalized spacial score (nSPS) is 10.9. The Morgan fingerprint density at radius 3 is 2.00 bits per heavy atom. The minimum Gasteiger partial charge on any atom is -0.398 e. The Morgan fingerprint density at radius 2 is 1.27 bits per heavy atom. The monoisotopic (exact) mass is 284 g/mol. The average molecular weight is 284 g/mol. The van der Waals surface area contributed by atoms with Gasteiger partial charge in [-0.1, -0.05) is 42.5 Å². The van der Waals surface area contributed by atoms with Crippen LogP contribution in [0.2, 0.25) is 0 Å². The maximum atomic E-state index is 6.18. The molecule has 2 heteroatoms. The van der Waals surface area contributed by atoms with Crippen LogP contribution in [-0.4, -0.2) is 0 Å². The van der Waals surface area contributed by atoms with E-state index in [2.05, 4.69) is 53.8 Å². The molecule has 0 unspecified atom stereocenters. The zero-order chi connectivity index (χ0) is 14.9. The van der Waals surface area contributed by atoms with Crippen LogP contribution in [0, 0.1) is 0 Å². The molecular formula is C20H16N2. The Hall–Kier alpha value is -3.00. The van der Waals surface area contributed by atoms with E-state index in [0.29, 0.717) is 0 Å². The number of anilines is 3. The molecular weight excluding hydrogens is 268 g/mol. The first kappa shape index (κ1) is 12.7. The van der Waals surface area contributed by atoms with Crippen LogP contribution in [0.25, 0.3) is 21.5 Å². The molecule has 0 aromatic heterocycles. The molecule has 0 saturated carbocycles. The summed E-state index contributed by atoms with van der Waals surface area (Å²) < 4.78 is 0. The molecule has 3 N–H and O–H groups in total. The lowest BCUT2D eigenvalue weighted by Crippen LogP contribution is -1.94. The van der Waals surface area contributed by atoms with Gasteiger partial charge in [0.2, 0.25) is 0 Å². The fourth-order valence-electron chi connectivity index (χ4n) is 2.84. The highest BCUT2D eigenvalue weighted by atomic mass is 14.9. The second-order valence-electron chi connectivity index (χ2n) is 5.44. The zero-order valence-corrected chi connectivity index (χ0v) is 12.1. The van der Waals surface area contributed by atoms with E-state index in [-0.39, 0.29) is 0 Å². The molecule has 0 fully saturated rings. The fourth-order valence-corrected chi connectivity index (χ4v) is 2.84. The van der Waals surface area contributed by atoms with Gasteiger partial charge in [-0.15, -0.1) is 0 Å². The quantitative estimate of drug-likeness (QED) is 0.386. The van der Waals surface area contributed by atoms with Crippen molar-refractivity contribution in [2.45, 2.75) is 0 Å². The average Bonchev–Trinajstić information content (AvgIpc) is 2.57. The van der Waals surface area contributed by atoms with Gasteiger partial charge < -0.3 is 11.1 Å². The predicted octanol–water partition coefficient (Wildman–Crippen LogP) is 5.32. The minimum atomic E-state index is 0.805. The van der Waals surface area contributed by atoms with Crippen LogP contribution in [-0.2, 0) is 0 Å². The summed E-state index contributed by atoms with van der Waals surface area (Å²) in [6.45, 7) is 0. The lowest BCUT2D eigenvalue weighted by molar-refractivity contribution is 1.58. The third-order valence-electron chi connectivity index (χ3n) is 3.97. The van der Waals surface area contributed by atoms with Gasteiger partial charge in [0.1, 0.15) is 0 Å². The van der Waals surface area contributed by atoms with Crippen LogP contribution in [0.4, 0.5) is 17.1 Å². The van der Waals surface area contributed by atoms with Gasteiger partial charge in [-0.05, 0) is 47.2 Å². The highest BCUT2D eigenvalue weighted by Gasteiger charge is 2.06. The number of hydrogen-bond donors (Lipinski definition) is 2. The second-order valence-corrected chi connectivity index (χ2v) is 5.44. The standard InChI is InChI=1S/C20H16N2/c21-19-10-11-20(22-16-8-2-1-3-9-16)18-13-15-7-5-4-6-14(15)12-17(18)19/h1-13,22H,21H2. The number of rotatable bonds is 2. The van der Waals surface area contributed by atoms with Gasteiger partial charge >= 0.3 is 0 Å². The largest absolute Gasteiger partial charge is 0.398 e. The highest BCUT2D eigenvalue weighted by molar-refractivity contribution is 6.09. The van der Waals surface area contributed by atoms with Crippen LogP contribution in [0.15, 0.2) is 78.9 Å². The van der Waals surface area contributed by atoms with E-state index in [4.69, 9.17) is 5.73 Å². The summed E-state index contributed by atoms with van der Waals surface area (Å²) in [5.41, 5.74) is 9.13. The van der Waals surface area contributed by atoms with Crippen molar-refractivity contribution < 1.29 is 0 Å². The summed E-state index contributed by atoms with van der Waals surface area (Å²) in [5.74, 6) is 0. The summed E-state index contributed by atoms with van der Waals surface area (Å²) in [6, 6.07) is 26.9. The van der Waals surface area contributed by atoms with Crippen molar-refractivity contribution in [3.8, 4) is 0 Å². The molecule has 0 radical (unpaired) electrons. The van der Waals surface area contributed by atoms with Gasteiger partial charge in [-0.3, -0.25) is 0 Å². The molecule has 4 aromatic carbocycles. The predicted molar refractivity (Wildman–Crippen MR) is 95.6 cm³/mol. The molecule has 4 aromatic rings. The second kappa shape index (κ2) is 5.08. The highest BCUT2D eigenvalue weighted by Crippen LogP contribution is 2.33. The van der Waals surface area contributed by atoms with E-state index in [0.717, 1.165) is 27.8 Å². The van der Waals surface area contributed by atoms with Gasteiger partial charge in [0, 0.05) is 27.8 Å². The molecule has 106 valence electrons. The molecule has 0 aliphatic rings. The summed E-state index contributed by atoms with van der Waals surface area (Å²) >= 11 is 0. The molecule has 22 heavy (non-hydrogen) atoms. The Morgan fingerprint density at radius 1 is 0.636 bits per heavy atom. The van der Waals surface area contributed by atoms with Crippen LogP contribution in [0.3, 0.4) is 0 Å². The Bertz CT molecular complexity index is 959. The Labute approximate surface area is 129 Å². The number of fused-ring (bicyclic) bond motifs is 2. The summed E-state index contributed by atoms with van der Waals surface area (Å²) in [6.07, 6.45) is 0. The topological polar surface area (TPSA) is 38.0 Å². The van der Waals surface area contributed by atoms with Crippen molar-refractivity contribution in [1.82, 2.24) is 0 Å². The minimum absolute atomic E-state index is 0.805. The SMILES string of the molecule is Nc1ccc(Nc2ccccc2)c2cc3ccccc3cc12. The van der Waals surface area contributed by atoms with Gasteiger partial charge in [0.05, 0.1) is 0 Å². The molecule has 0 heterocycles. The van der Waals surface area contributed by atoms with Crippen molar-refractivity contribution in [2.75, 3.05) is 11.1 Å². The third kappa shape index (κ3) is 2.15. The first-order valence-corrected chi connectivity index (χ1v) is 7.34. The maximum absolute atomic E-state index is 6.18. The number of para-hydroxylation sites is 1. The van der Waals surface area contributed by atoms with Crippen LogP contribution in [0.5, 0.6) is 0 Å². The summed E-state index contributed by atoms with van der Waals surface area (Å²) in [4.78, 5) is 0. The van der Waals surface area contributed by atoms with Crippen molar-refractivity contribution in [1.29, 1.82) is 0 Å². The summed E-state index contributed by atoms with van der Waals surface area (Å²) in [5, 5.41) is 8.13. The summed E-state index contributed by atoms with van der Waals surface area (Å²) in [7, 11) is 0. The lowest BCUT2D eigenvalue weighted by atomic mass is 10.0. The first-order chi connectivity index (χ1) is 10.8. The van der Waals surface area contributed by atoms with Crippen molar-refractivity contribution >= 4 is 38.6 Å². The van der Waals surface area contributed by atoms with E-state index in [1.54, 1.807) is 0 Å². The number of nitrogens with two attached hydrogens (primary N) is 1. The first-order valence-electron chi connectivity index (χ1n) is 7.34. The number of benzene rings is 4. The number of hydrogen-bond acceptors (Lipinski definition) is 2. The Kier molecular flexibility index (Phi) is 2.94. The molecule has 4 rings (SSSR count). The smallest absolute Gasteiger partial charge is 0.0465 e.